The molecule has 102 valence electrons. The van der Waals surface area contributed by atoms with Crippen molar-refractivity contribution in [3.05, 3.63) is 0 Å². The highest BCUT2D eigenvalue weighted by atomic mass is 32.1. The van der Waals surface area contributed by atoms with Crippen LogP contribution in [0.25, 0.3) is 0 Å². The molecule has 2 saturated carbocycles. The Bertz CT molecular complexity index is 326. The number of fused-ring (bicyclic) bond motifs is 2. The molecule has 1 heterocycles. The molecular weight excluding hydrogens is 244 g/mol. The number of rotatable bonds is 1. The molecule has 0 aromatic carbocycles. The fourth-order valence-electron chi connectivity index (χ4n) is 4.02. The van der Waals surface area contributed by atoms with E-state index >= 15 is 0 Å². The normalized spacial score (nSPS) is 43.2. The third-order valence-electron chi connectivity index (χ3n) is 4.75. The van der Waals surface area contributed by atoms with E-state index in [1.807, 2.05) is 0 Å². The number of hydrogen-bond donors (Lipinski definition) is 1. The largest absolute Gasteiger partial charge is 0.372 e. The molecule has 3 aliphatic rings. The van der Waals surface area contributed by atoms with Crippen LogP contribution in [0.15, 0.2) is 0 Å². The van der Waals surface area contributed by atoms with Crippen molar-refractivity contribution in [2.24, 2.45) is 11.8 Å². The Hall–Kier alpha value is -0.350. The van der Waals surface area contributed by atoms with Crippen LogP contribution in [0.5, 0.6) is 0 Å². The summed E-state index contributed by atoms with van der Waals surface area (Å²) in [5, 5.41) is 4.58. The van der Waals surface area contributed by atoms with Crippen LogP contribution in [-0.2, 0) is 4.74 Å². The maximum absolute atomic E-state index is 5.76. The van der Waals surface area contributed by atoms with Crippen LogP contribution in [0.3, 0.4) is 0 Å². The Morgan fingerprint density at radius 2 is 1.89 bits per heavy atom. The van der Waals surface area contributed by atoms with Gasteiger partial charge >= 0.3 is 0 Å². The lowest BCUT2D eigenvalue weighted by Crippen LogP contribution is -2.54. The first-order valence-corrected chi connectivity index (χ1v) is 7.73. The van der Waals surface area contributed by atoms with Gasteiger partial charge in [-0.1, -0.05) is 6.42 Å². The van der Waals surface area contributed by atoms with Crippen LogP contribution in [-0.4, -0.2) is 41.4 Å². The summed E-state index contributed by atoms with van der Waals surface area (Å²) >= 11 is 5.59. The number of morpholine rings is 1. The fraction of sp³-hybridized carbons (Fsp3) is 0.929. The van der Waals surface area contributed by atoms with Gasteiger partial charge in [0.1, 0.15) is 0 Å². The van der Waals surface area contributed by atoms with Crippen molar-refractivity contribution in [3.8, 4) is 0 Å². The molecule has 0 aromatic heterocycles. The van der Waals surface area contributed by atoms with Gasteiger partial charge in [0, 0.05) is 19.1 Å². The molecule has 18 heavy (non-hydrogen) atoms. The molecule has 1 N–H and O–H groups in total. The van der Waals surface area contributed by atoms with Gasteiger partial charge in [-0.2, -0.15) is 0 Å². The van der Waals surface area contributed by atoms with E-state index in [2.05, 4.69) is 24.1 Å². The Morgan fingerprint density at radius 1 is 1.17 bits per heavy atom. The second-order valence-corrected chi connectivity index (χ2v) is 6.78. The van der Waals surface area contributed by atoms with Crippen LogP contribution >= 0.6 is 12.2 Å². The maximum Gasteiger partial charge on any atom is 0.169 e. The van der Waals surface area contributed by atoms with E-state index < -0.39 is 0 Å². The molecule has 5 atom stereocenters. The molecule has 1 aliphatic heterocycles. The van der Waals surface area contributed by atoms with Crippen LogP contribution < -0.4 is 5.32 Å². The summed E-state index contributed by atoms with van der Waals surface area (Å²) in [7, 11) is 0. The van der Waals surface area contributed by atoms with E-state index in [1.54, 1.807) is 0 Å². The number of thiocarbonyl (C=S) groups is 1. The van der Waals surface area contributed by atoms with Crippen LogP contribution in [0, 0.1) is 11.8 Å². The summed E-state index contributed by atoms with van der Waals surface area (Å²) in [6.45, 7) is 6.11. The van der Waals surface area contributed by atoms with Gasteiger partial charge in [-0.3, -0.25) is 0 Å². The predicted octanol–water partition coefficient (Wildman–Crippen LogP) is 2.16. The maximum atomic E-state index is 5.76. The van der Waals surface area contributed by atoms with Gasteiger partial charge in [-0.25, -0.2) is 0 Å². The van der Waals surface area contributed by atoms with Gasteiger partial charge in [0.05, 0.1) is 12.2 Å². The summed E-state index contributed by atoms with van der Waals surface area (Å²) in [6, 6.07) is 0.643. The summed E-state index contributed by atoms with van der Waals surface area (Å²) < 4.78 is 5.76. The Labute approximate surface area is 115 Å². The first-order valence-electron chi connectivity index (χ1n) is 7.32. The third-order valence-corrected chi connectivity index (χ3v) is 5.13. The van der Waals surface area contributed by atoms with Crippen molar-refractivity contribution in [2.75, 3.05) is 13.1 Å². The van der Waals surface area contributed by atoms with Crippen molar-refractivity contribution in [2.45, 2.75) is 57.8 Å². The smallest absolute Gasteiger partial charge is 0.169 e. The standard InChI is InChI=1S/C14H24N2OS/c1-9-7-16(8-10(2)17-9)14(18)15-13-6-11-3-4-12(13)5-11/h9-13H,3-8H2,1-2H3,(H,15,18)/t9-,10+,11-,12-,13-/m0/s1. The zero-order valence-electron chi connectivity index (χ0n) is 11.4. The van der Waals surface area contributed by atoms with Crippen LogP contribution in [0.4, 0.5) is 0 Å². The highest BCUT2D eigenvalue weighted by Crippen LogP contribution is 2.44. The van der Waals surface area contributed by atoms with Crippen molar-refractivity contribution in [3.63, 3.8) is 0 Å². The summed E-state index contributed by atoms with van der Waals surface area (Å²) in [5.74, 6) is 1.85. The van der Waals surface area contributed by atoms with E-state index in [9.17, 15) is 0 Å². The first kappa shape index (κ1) is 12.7. The minimum Gasteiger partial charge on any atom is -0.372 e. The SMILES string of the molecule is C[C@@H]1CN(C(=S)N[C@H]2C[C@H]3CC[C@H]2C3)C[C@H](C)O1. The zero-order valence-corrected chi connectivity index (χ0v) is 12.2. The first-order chi connectivity index (χ1) is 8.61. The quantitative estimate of drug-likeness (QED) is 0.737. The zero-order chi connectivity index (χ0) is 12.7. The fourth-order valence-corrected chi connectivity index (χ4v) is 4.32. The van der Waals surface area contributed by atoms with Gasteiger partial charge < -0.3 is 15.0 Å². The Kier molecular flexibility index (Phi) is 3.50. The molecule has 0 spiro atoms. The third kappa shape index (κ3) is 2.50. The van der Waals surface area contributed by atoms with Crippen molar-refractivity contribution in [1.82, 2.24) is 10.2 Å². The van der Waals surface area contributed by atoms with E-state index in [0.29, 0.717) is 6.04 Å². The van der Waals surface area contributed by atoms with Crippen LogP contribution in [0.2, 0.25) is 0 Å². The predicted molar refractivity (Wildman–Crippen MR) is 76.6 cm³/mol. The molecule has 1 saturated heterocycles. The number of nitrogens with one attached hydrogen (secondary N) is 1. The van der Waals surface area contributed by atoms with E-state index in [-0.39, 0.29) is 12.2 Å². The van der Waals surface area contributed by atoms with Crippen molar-refractivity contribution in [1.29, 1.82) is 0 Å². The molecule has 0 amide bonds. The molecule has 0 aromatic rings. The van der Waals surface area contributed by atoms with Crippen molar-refractivity contribution >= 4 is 17.3 Å². The van der Waals surface area contributed by atoms with E-state index in [1.165, 1.54) is 25.7 Å². The summed E-state index contributed by atoms with van der Waals surface area (Å²) in [5.41, 5.74) is 0. The second kappa shape index (κ2) is 4.97. The topological polar surface area (TPSA) is 24.5 Å². The Morgan fingerprint density at radius 3 is 2.44 bits per heavy atom. The number of ether oxygens (including phenoxy) is 1. The molecule has 0 unspecified atom stereocenters. The molecule has 2 bridgehead atoms. The van der Waals surface area contributed by atoms with Gasteiger partial charge in [-0.15, -0.1) is 0 Å². The monoisotopic (exact) mass is 268 g/mol. The van der Waals surface area contributed by atoms with Gasteiger partial charge in [0.2, 0.25) is 0 Å². The molecule has 4 heteroatoms. The molecule has 2 aliphatic carbocycles. The number of nitrogens with zero attached hydrogens (tertiary/aromatic N) is 1. The number of hydrogen-bond acceptors (Lipinski definition) is 2. The molecule has 0 radical (unpaired) electrons. The minimum absolute atomic E-state index is 0.286. The lowest BCUT2D eigenvalue weighted by atomic mass is 9.95. The van der Waals surface area contributed by atoms with Crippen LogP contribution in [0.1, 0.15) is 39.5 Å². The van der Waals surface area contributed by atoms with Gasteiger partial charge in [0.15, 0.2) is 5.11 Å². The lowest BCUT2D eigenvalue weighted by Gasteiger charge is -2.38. The minimum atomic E-state index is 0.286. The average Bonchev–Trinajstić information content (AvgIpc) is 2.89. The van der Waals surface area contributed by atoms with E-state index in [0.717, 1.165) is 30.0 Å². The second-order valence-electron chi connectivity index (χ2n) is 6.39. The highest BCUT2D eigenvalue weighted by Gasteiger charge is 2.40. The molecule has 3 fully saturated rings. The molecule has 3 rings (SSSR count). The van der Waals surface area contributed by atoms with E-state index in [4.69, 9.17) is 17.0 Å². The highest BCUT2D eigenvalue weighted by molar-refractivity contribution is 7.80. The Balaban J connectivity index is 1.55. The van der Waals surface area contributed by atoms with Gasteiger partial charge in [0.25, 0.3) is 0 Å². The lowest BCUT2D eigenvalue weighted by molar-refractivity contribution is -0.0484. The average molecular weight is 268 g/mol. The molecular formula is C14H24N2OS. The summed E-state index contributed by atoms with van der Waals surface area (Å²) in [6.07, 6.45) is 6.18. The van der Waals surface area contributed by atoms with Gasteiger partial charge in [-0.05, 0) is 57.2 Å². The van der Waals surface area contributed by atoms with Crippen molar-refractivity contribution < 1.29 is 4.74 Å². The summed E-state index contributed by atoms with van der Waals surface area (Å²) in [4.78, 5) is 2.29. The molecule has 3 nitrogen and oxygen atoms in total.